The van der Waals surface area contributed by atoms with Crippen LogP contribution in [0.2, 0.25) is 10.0 Å². The van der Waals surface area contributed by atoms with E-state index in [9.17, 15) is 39.3 Å². The second-order valence-corrected chi connectivity index (χ2v) is 10.7. The summed E-state index contributed by atoms with van der Waals surface area (Å²) in [5.41, 5.74) is 0.861. The molecule has 1 aliphatic carbocycles. The van der Waals surface area contributed by atoms with E-state index in [-0.39, 0.29) is 17.0 Å². The lowest BCUT2D eigenvalue weighted by Crippen LogP contribution is -2.63. The van der Waals surface area contributed by atoms with Crippen molar-refractivity contribution in [3.63, 3.8) is 0 Å². The van der Waals surface area contributed by atoms with E-state index < -0.39 is 65.6 Å². The largest absolute Gasteiger partial charge is 0.481 e. The fourth-order valence-electron chi connectivity index (χ4n) is 5.15. The molecule has 0 radical (unpaired) electrons. The lowest BCUT2D eigenvalue weighted by Gasteiger charge is -2.44. The normalized spacial score (nSPS) is 21.2. The summed E-state index contributed by atoms with van der Waals surface area (Å²) >= 11 is 12.2. The van der Waals surface area contributed by atoms with Crippen molar-refractivity contribution in [2.75, 3.05) is 0 Å². The van der Waals surface area contributed by atoms with Crippen molar-refractivity contribution >= 4 is 63.8 Å². The fourth-order valence-corrected chi connectivity index (χ4v) is 5.47. The minimum atomic E-state index is -1.77. The van der Waals surface area contributed by atoms with E-state index in [1.807, 2.05) is 24.3 Å². The molecule has 41 heavy (non-hydrogen) atoms. The van der Waals surface area contributed by atoms with Crippen molar-refractivity contribution < 1.29 is 44.0 Å². The number of carbonyl (C=O) groups is 5. The van der Waals surface area contributed by atoms with Crippen LogP contribution in [0.1, 0.15) is 22.8 Å². The lowest BCUT2D eigenvalue weighted by molar-refractivity contribution is -0.187. The van der Waals surface area contributed by atoms with Crippen LogP contribution in [0.15, 0.2) is 60.7 Å². The molecule has 0 unspecified atom stereocenters. The maximum atomic E-state index is 13.2. The minimum absolute atomic E-state index is 0.0603. The summed E-state index contributed by atoms with van der Waals surface area (Å²) in [6.45, 7) is 1.51. The number of benzene rings is 3. The van der Waals surface area contributed by atoms with Crippen LogP contribution in [0.3, 0.4) is 0 Å². The summed E-state index contributed by atoms with van der Waals surface area (Å²) in [4.78, 5) is 61.5. The van der Waals surface area contributed by atoms with Crippen LogP contribution in [0.5, 0.6) is 0 Å². The summed E-state index contributed by atoms with van der Waals surface area (Å²) in [5, 5.41) is 33.3. The molecule has 10 nitrogen and oxygen atoms in total. The summed E-state index contributed by atoms with van der Waals surface area (Å²) in [7, 11) is 0. The Morgan fingerprint density at radius 3 is 1.95 bits per heavy atom. The highest BCUT2D eigenvalue weighted by molar-refractivity contribution is 6.42. The van der Waals surface area contributed by atoms with Crippen LogP contribution in [0.25, 0.3) is 10.8 Å². The highest BCUT2D eigenvalue weighted by Crippen LogP contribution is 2.47. The van der Waals surface area contributed by atoms with Crippen molar-refractivity contribution in [3.05, 3.63) is 81.8 Å². The van der Waals surface area contributed by atoms with Gasteiger partial charge in [-0.3, -0.25) is 19.2 Å². The van der Waals surface area contributed by atoms with Gasteiger partial charge >= 0.3 is 23.9 Å². The number of carboxylic acids is 3. The first kappa shape index (κ1) is 29.8. The number of rotatable bonds is 10. The van der Waals surface area contributed by atoms with Crippen molar-refractivity contribution in [3.8, 4) is 0 Å². The molecule has 6 atom stereocenters. The second-order valence-electron chi connectivity index (χ2n) is 9.87. The molecule has 0 spiro atoms. The summed E-state index contributed by atoms with van der Waals surface area (Å²) in [6.07, 6.45) is -0.956. The standard InChI is InChI=1S/C29H25Cl2NO9/c1-13(32-25(33)21-22(26(34)35)24(28(38)39)23(21)27(36)37)20(11-14-6-9-18(30)19(31)10-14)41-29(40)17-8-7-15-4-2-3-5-16(15)12-17/h2-10,12-13,20-24H,11H2,1H3,(H,32,33)(H,34,35)(H,36,37)(H,38,39)/t13-,20+,21-,22-,23+,24-/m0/s1. The number of amides is 1. The Balaban J connectivity index is 1.59. The van der Waals surface area contributed by atoms with E-state index in [4.69, 9.17) is 27.9 Å². The molecule has 4 N–H and O–H groups in total. The van der Waals surface area contributed by atoms with Gasteiger partial charge in [0.15, 0.2) is 0 Å². The van der Waals surface area contributed by atoms with Gasteiger partial charge < -0.3 is 25.4 Å². The van der Waals surface area contributed by atoms with Crippen molar-refractivity contribution in [2.45, 2.75) is 25.5 Å². The Hall–Kier alpha value is -4.15. The summed E-state index contributed by atoms with van der Waals surface area (Å²) in [5.74, 6) is -13.4. The number of nitrogens with one attached hydrogen (secondary N) is 1. The molecular weight excluding hydrogens is 577 g/mol. The van der Waals surface area contributed by atoms with Gasteiger partial charge in [-0.1, -0.05) is 59.6 Å². The highest BCUT2D eigenvalue weighted by atomic mass is 35.5. The average molecular weight is 602 g/mol. The molecule has 0 aliphatic heterocycles. The fraction of sp³-hybridized carbons (Fsp3) is 0.276. The first-order valence-electron chi connectivity index (χ1n) is 12.5. The van der Waals surface area contributed by atoms with Crippen molar-refractivity contribution in [1.29, 1.82) is 0 Å². The zero-order valence-electron chi connectivity index (χ0n) is 21.5. The minimum Gasteiger partial charge on any atom is -0.481 e. The number of fused-ring (bicyclic) bond motifs is 1. The Kier molecular flexibility index (Phi) is 8.84. The molecule has 1 aliphatic rings. The van der Waals surface area contributed by atoms with Gasteiger partial charge in [-0.2, -0.15) is 0 Å². The molecule has 12 heteroatoms. The van der Waals surface area contributed by atoms with Gasteiger partial charge in [0.2, 0.25) is 5.91 Å². The van der Waals surface area contributed by atoms with Crippen LogP contribution < -0.4 is 5.32 Å². The number of ether oxygens (including phenoxy) is 1. The zero-order chi connectivity index (χ0) is 30.0. The van der Waals surface area contributed by atoms with Gasteiger partial charge in [0.25, 0.3) is 0 Å². The quantitative estimate of drug-likeness (QED) is 0.249. The lowest BCUT2D eigenvalue weighted by atomic mass is 9.56. The van der Waals surface area contributed by atoms with E-state index in [1.54, 1.807) is 36.4 Å². The molecule has 1 amide bonds. The first-order chi connectivity index (χ1) is 19.4. The van der Waals surface area contributed by atoms with Gasteiger partial charge in [0.1, 0.15) is 6.10 Å². The maximum Gasteiger partial charge on any atom is 0.338 e. The third-order valence-corrected chi connectivity index (χ3v) is 8.04. The number of hydrogen-bond donors (Lipinski definition) is 4. The Bertz CT molecular complexity index is 1520. The first-order valence-corrected chi connectivity index (χ1v) is 13.3. The number of esters is 1. The molecule has 0 bridgehead atoms. The number of carbonyl (C=O) groups excluding carboxylic acids is 2. The van der Waals surface area contributed by atoms with Gasteiger partial charge in [-0.15, -0.1) is 0 Å². The molecule has 0 heterocycles. The molecule has 0 saturated heterocycles. The Labute approximate surface area is 243 Å². The van der Waals surface area contributed by atoms with E-state index in [1.165, 1.54) is 6.92 Å². The van der Waals surface area contributed by atoms with E-state index in [0.717, 1.165) is 10.8 Å². The van der Waals surface area contributed by atoms with Crippen molar-refractivity contribution in [1.82, 2.24) is 5.32 Å². The summed E-state index contributed by atoms with van der Waals surface area (Å²) < 4.78 is 5.81. The second kappa shape index (κ2) is 12.2. The number of carboxylic acid groups (broad SMARTS) is 3. The van der Waals surface area contributed by atoms with Gasteiger partial charge in [0, 0.05) is 6.42 Å². The van der Waals surface area contributed by atoms with Crippen molar-refractivity contribution in [2.24, 2.45) is 23.7 Å². The molecular formula is C29H25Cl2NO9. The Morgan fingerprint density at radius 2 is 1.37 bits per heavy atom. The van der Waals surface area contributed by atoms with Crippen LogP contribution in [0, 0.1) is 23.7 Å². The summed E-state index contributed by atoms with van der Waals surface area (Å²) in [6, 6.07) is 16.3. The van der Waals surface area contributed by atoms with E-state index in [2.05, 4.69) is 5.32 Å². The average Bonchev–Trinajstić information content (AvgIpc) is 2.88. The number of halogens is 2. The van der Waals surface area contributed by atoms with E-state index >= 15 is 0 Å². The van der Waals surface area contributed by atoms with Crippen LogP contribution in [0.4, 0.5) is 0 Å². The van der Waals surface area contributed by atoms with Crippen LogP contribution in [-0.2, 0) is 30.3 Å². The Morgan fingerprint density at radius 1 is 0.780 bits per heavy atom. The van der Waals surface area contributed by atoms with Gasteiger partial charge in [-0.25, -0.2) is 4.79 Å². The van der Waals surface area contributed by atoms with Crippen LogP contribution >= 0.6 is 23.2 Å². The van der Waals surface area contributed by atoms with Crippen LogP contribution in [-0.4, -0.2) is 57.2 Å². The smallest absolute Gasteiger partial charge is 0.338 e. The highest BCUT2D eigenvalue weighted by Gasteiger charge is 2.64. The number of hydrogen-bond acceptors (Lipinski definition) is 6. The monoisotopic (exact) mass is 601 g/mol. The molecule has 214 valence electrons. The predicted octanol–water partition coefficient (Wildman–Crippen LogP) is 4.15. The van der Waals surface area contributed by atoms with Gasteiger partial charge in [0.05, 0.1) is 45.3 Å². The SMILES string of the molecule is C[C@H](NC(=O)[C@H]1[C@H](C(=O)O)[C@H](C(=O)O)[C@@H]1C(=O)O)[C@@H](Cc1ccc(Cl)c(Cl)c1)OC(=O)c1ccc2ccccc2c1. The molecule has 3 aromatic carbocycles. The predicted molar refractivity (Wildman–Crippen MR) is 148 cm³/mol. The molecule has 0 aromatic heterocycles. The molecule has 1 fully saturated rings. The number of aliphatic carboxylic acids is 3. The van der Waals surface area contributed by atoms with Gasteiger partial charge in [-0.05, 0) is 47.5 Å². The molecule has 1 saturated carbocycles. The molecule has 4 rings (SSSR count). The zero-order valence-corrected chi connectivity index (χ0v) is 23.0. The topological polar surface area (TPSA) is 167 Å². The molecule has 3 aromatic rings. The maximum absolute atomic E-state index is 13.2. The third-order valence-electron chi connectivity index (χ3n) is 7.30. The third kappa shape index (κ3) is 6.28. The van der Waals surface area contributed by atoms with E-state index in [0.29, 0.717) is 10.6 Å².